The van der Waals surface area contributed by atoms with E-state index in [0.717, 1.165) is 6.07 Å². The quantitative estimate of drug-likeness (QED) is 0.881. The molecule has 0 aliphatic heterocycles. The highest BCUT2D eigenvalue weighted by atomic mass is 32.2. The molecule has 2 aromatic rings. The van der Waals surface area contributed by atoms with E-state index in [1.54, 1.807) is 18.2 Å². The normalized spacial score (nSPS) is 11.7. The van der Waals surface area contributed by atoms with Crippen LogP contribution in [-0.2, 0) is 16.6 Å². The van der Waals surface area contributed by atoms with E-state index in [9.17, 15) is 8.60 Å². The fourth-order valence-electron chi connectivity index (χ4n) is 1.90. The van der Waals surface area contributed by atoms with Gasteiger partial charge in [0.25, 0.3) is 0 Å². The van der Waals surface area contributed by atoms with Crippen LogP contribution in [0.2, 0.25) is 0 Å². The van der Waals surface area contributed by atoms with Gasteiger partial charge in [0.05, 0.1) is 35.3 Å². The van der Waals surface area contributed by atoms with Crippen molar-refractivity contribution in [3.8, 4) is 11.8 Å². The Bertz CT molecular complexity index is 721. The molecule has 0 amide bonds. The molecule has 2 aromatic carbocycles. The van der Waals surface area contributed by atoms with E-state index < -0.39 is 16.6 Å². The van der Waals surface area contributed by atoms with Gasteiger partial charge in [0.2, 0.25) is 0 Å². The Labute approximate surface area is 124 Å². The number of nitrogens with two attached hydrogens (primary N) is 1. The summed E-state index contributed by atoms with van der Waals surface area (Å²) in [6.07, 6.45) is 0. The van der Waals surface area contributed by atoms with E-state index >= 15 is 0 Å². The number of anilines is 1. The summed E-state index contributed by atoms with van der Waals surface area (Å²) < 4.78 is 30.8. The third-order valence-electron chi connectivity index (χ3n) is 2.85. The van der Waals surface area contributed by atoms with Crippen LogP contribution >= 0.6 is 0 Å². The zero-order valence-corrected chi connectivity index (χ0v) is 12.1. The minimum absolute atomic E-state index is 0.113. The van der Waals surface area contributed by atoms with Crippen molar-refractivity contribution in [2.75, 3.05) is 12.8 Å². The first-order valence-corrected chi connectivity index (χ1v) is 7.37. The number of rotatable bonds is 4. The molecule has 0 aliphatic rings. The van der Waals surface area contributed by atoms with Crippen molar-refractivity contribution < 1.29 is 13.3 Å². The van der Waals surface area contributed by atoms with E-state index in [4.69, 9.17) is 15.7 Å². The van der Waals surface area contributed by atoms with E-state index in [1.165, 1.54) is 19.2 Å². The number of hydrogen-bond acceptors (Lipinski definition) is 4. The Balaban J connectivity index is 2.33. The molecule has 0 aromatic heterocycles. The van der Waals surface area contributed by atoms with Crippen molar-refractivity contribution in [3.05, 3.63) is 53.3 Å². The number of halogens is 1. The van der Waals surface area contributed by atoms with E-state index in [-0.39, 0.29) is 11.4 Å². The highest BCUT2D eigenvalue weighted by Gasteiger charge is 2.12. The van der Waals surface area contributed by atoms with Crippen molar-refractivity contribution in [1.82, 2.24) is 0 Å². The Kier molecular flexibility index (Phi) is 4.55. The number of hydrogen-bond donors (Lipinski definition) is 1. The number of benzene rings is 2. The molecule has 108 valence electrons. The van der Waals surface area contributed by atoms with Crippen LogP contribution in [0, 0.1) is 17.1 Å². The molecule has 4 nitrogen and oxygen atoms in total. The monoisotopic (exact) mass is 304 g/mol. The fraction of sp³-hybridized carbons (Fsp3) is 0.133. The Hall–Kier alpha value is -2.39. The average molecular weight is 304 g/mol. The Morgan fingerprint density at radius 2 is 2.10 bits per heavy atom. The highest BCUT2D eigenvalue weighted by Crippen LogP contribution is 2.24. The minimum Gasteiger partial charge on any atom is -0.496 e. The molecule has 0 bridgehead atoms. The van der Waals surface area contributed by atoms with Gasteiger partial charge in [-0.2, -0.15) is 5.26 Å². The lowest BCUT2D eigenvalue weighted by molar-refractivity contribution is 0.411. The summed E-state index contributed by atoms with van der Waals surface area (Å²) in [5, 5.41) is 8.92. The van der Waals surface area contributed by atoms with E-state index in [0.29, 0.717) is 21.8 Å². The van der Waals surface area contributed by atoms with Crippen LogP contribution in [0.3, 0.4) is 0 Å². The van der Waals surface area contributed by atoms with Crippen molar-refractivity contribution in [1.29, 1.82) is 5.26 Å². The molecule has 6 heteroatoms. The fourth-order valence-corrected chi connectivity index (χ4v) is 3.09. The molecule has 0 aliphatic carbocycles. The summed E-state index contributed by atoms with van der Waals surface area (Å²) in [7, 11) is 0.00754. The molecular formula is C15H13FN2O2S. The zero-order chi connectivity index (χ0) is 15.4. The van der Waals surface area contributed by atoms with Gasteiger partial charge in [0.15, 0.2) is 0 Å². The summed E-state index contributed by atoms with van der Waals surface area (Å²) in [6.45, 7) is 0. The summed E-state index contributed by atoms with van der Waals surface area (Å²) in [4.78, 5) is 0.303. The van der Waals surface area contributed by atoms with Gasteiger partial charge in [0, 0.05) is 16.1 Å². The van der Waals surface area contributed by atoms with Gasteiger partial charge in [0.1, 0.15) is 11.6 Å². The lowest BCUT2D eigenvalue weighted by atomic mass is 10.1. The van der Waals surface area contributed by atoms with Gasteiger partial charge in [-0.3, -0.25) is 4.21 Å². The Morgan fingerprint density at radius 1 is 1.33 bits per heavy atom. The molecule has 1 unspecified atom stereocenters. The van der Waals surface area contributed by atoms with Crippen molar-refractivity contribution in [2.24, 2.45) is 0 Å². The predicted molar refractivity (Wildman–Crippen MR) is 78.6 cm³/mol. The first-order valence-electron chi connectivity index (χ1n) is 6.05. The number of nitrogens with zero attached hydrogens (tertiary/aromatic N) is 1. The highest BCUT2D eigenvalue weighted by molar-refractivity contribution is 7.84. The van der Waals surface area contributed by atoms with Crippen LogP contribution < -0.4 is 10.5 Å². The molecule has 0 radical (unpaired) electrons. The van der Waals surface area contributed by atoms with Gasteiger partial charge >= 0.3 is 0 Å². The second-order valence-electron chi connectivity index (χ2n) is 4.35. The molecule has 0 saturated heterocycles. The van der Waals surface area contributed by atoms with Crippen LogP contribution in [0.15, 0.2) is 41.3 Å². The summed E-state index contributed by atoms with van der Waals surface area (Å²) in [5.74, 6) is 0.115. The lowest BCUT2D eigenvalue weighted by Gasteiger charge is -2.09. The van der Waals surface area contributed by atoms with Crippen LogP contribution in [0.4, 0.5) is 10.1 Å². The zero-order valence-electron chi connectivity index (χ0n) is 11.3. The predicted octanol–water partition coefficient (Wildman–Crippen LogP) is 2.60. The van der Waals surface area contributed by atoms with E-state index in [2.05, 4.69) is 0 Å². The van der Waals surface area contributed by atoms with Crippen LogP contribution in [0.5, 0.6) is 5.75 Å². The minimum atomic E-state index is -1.49. The summed E-state index contributed by atoms with van der Waals surface area (Å²) in [5.41, 5.74) is 6.84. The van der Waals surface area contributed by atoms with Crippen molar-refractivity contribution in [2.45, 2.75) is 10.6 Å². The number of nitrogen functional groups attached to an aromatic ring is 1. The van der Waals surface area contributed by atoms with Gasteiger partial charge in [-0.05, 0) is 36.4 Å². The topological polar surface area (TPSA) is 76.1 Å². The Morgan fingerprint density at radius 3 is 2.71 bits per heavy atom. The summed E-state index contributed by atoms with van der Waals surface area (Å²) >= 11 is 0. The molecular weight excluding hydrogens is 291 g/mol. The third kappa shape index (κ3) is 3.58. The maximum Gasteiger partial charge on any atom is 0.126 e. The van der Waals surface area contributed by atoms with Crippen LogP contribution in [0.1, 0.15) is 11.1 Å². The lowest BCUT2D eigenvalue weighted by Crippen LogP contribution is -2.01. The van der Waals surface area contributed by atoms with Gasteiger partial charge in [-0.15, -0.1) is 0 Å². The largest absolute Gasteiger partial charge is 0.496 e. The molecule has 0 spiro atoms. The SMILES string of the molecule is COc1ccc(C#N)cc1CS(=O)c1cc(N)cc(F)c1. The van der Waals surface area contributed by atoms with Crippen LogP contribution in [-0.4, -0.2) is 11.3 Å². The maximum absolute atomic E-state index is 13.3. The van der Waals surface area contributed by atoms with Gasteiger partial charge in [-0.1, -0.05) is 0 Å². The molecule has 1 atom stereocenters. The molecule has 21 heavy (non-hydrogen) atoms. The maximum atomic E-state index is 13.3. The second kappa shape index (κ2) is 6.37. The molecule has 0 saturated carbocycles. The van der Waals surface area contributed by atoms with Gasteiger partial charge in [-0.25, -0.2) is 4.39 Å². The average Bonchev–Trinajstić information content (AvgIpc) is 2.46. The van der Waals surface area contributed by atoms with Crippen molar-refractivity contribution >= 4 is 16.5 Å². The molecule has 2 N–H and O–H groups in total. The first kappa shape index (κ1) is 15.0. The smallest absolute Gasteiger partial charge is 0.126 e. The number of methoxy groups -OCH3 is 1. The van der Waals surface area contributed by atoms with Crippen molar-refractivity contribution in [3.63, 3.8) is 0 Å². The number of nitriles is 1. The second-order valence-corrected chi connectivity index (χ2v) is 5.80. The first-order chi connectivity index (χ1) is 10.0. The summed E-state index contributed by atoms with van der Waals surface area (Å²) in [6, 6.07) is 10.7. The molecule has 0 fully saturated rings. The van der Waals surface area contributed by atoms with E-state index in [1.807, 2.05) is 6.07 Å². The molecule has 0 heterocycles. The number of ether oxygens (including phenoxy) is 1. The third-order valence-corrected chi connectivity index (χ3v) is 4.19. The van der Waals surface area contributed by atoms with Gasteiger partial charge < -0.3 is 10.5 Å². The molecule has 2 rings (SSSR count). The standard InChI is InChI=1S/C15H13FN2O2S/c1-20-15-3-2-10(8-17)4-11(15)9-21(19)14-6-12(16)5-13(18)7-14/h2-7H,9,18H2,1H3. The van der Waals surface area contributed by atoms with Crippen LogP contribution in [0.25, 0.3) is 0 Å².